The number of aliphatic hydroxyl groups excluding tert-OH is 1. The first-order chi connectivity index (χ1) is 22.1. The van der Waals surface area contributed by atoms with E-state index in [2.05, 4.69) is 58.4 Å². The molecule has 1 aromatic heterocycles. The lowest BCUT2D eigenvalue weighted by Gasteiger charge is -2.53. The van der Waals surface area contributed by atoms with Crippen LogP contribution in [-0.2, 0) is 22.5 Å². The highest BCUT2D eigenvalue weighted by molar-refractivity contribution is 7.15. The Hall–Kier alpha value is -2.41. The molecule has 2 aromatic rings. The summed E-state index contributed by atoms with van der Waals surface area (Å²) in [5.74, 6) is -0.462. The van der Waals surface area contributed by atoms with Gasteiger partial charge in [-0.2, -0.15) is 0 Å². The molecule has 11 heteroatoms. The van der Waals surface area contributed by atoms with Crippen molar-refractivity contribution in [2.24, 2.45) is 23.2 Å². The number of rotatable bonds is 9. The average molecular weight is 653 g/mol. The van der Waals surface area contributed by atoms with Crippen LogP contribution in [0, 0.1) is 23.2 Å². The number of carbonyl (C=O) groups excluding carboxylic acids is 2. The molecular formula is C35H52N6O4S. The zero-order valence-corrected chi connectivity index (χ0v) is 28.8. The first-order valence-corrected chi connectivity index (χ1v) is 18.0. The number of hydrogen-bond acceptors (Lipinski definition) is 9. The van der Waals surface area contributed by atoms with Gasteiger partial charge in [0, 0.05) is 81.2 Å². The molecule has 10 nitrogen and oxygen atoms in total. The molecule has 0 spiro atoms. The van der Waals surface area contributed by atoms with Gasteiger partial charge in [-0.15, -0.1) is 11.3 Å². The molecule has 6 unspecified atom stereocenters. The monoisotopic (exact) mass is 652 g/mol. The number of benzene rings is 1. The van der Waals surface area contributed by atoms with Crippen LogP contribution in [0.1, 0.15) is 66.0 Å². The fraction of sp³-hybridized carbons (Fsp3) is 0.686. The highest BCUT2D eigenvalue weighted by Gasteiger charge is 2.54. The zero-order chi connectivity index (χ0) is 32.4. The number of thiazole rings is 1. The Morgan fingerprint density at radius 2 is 1.83 bits per heavy atom. The molecule has 3 fully saturated rings. The van der Waals surface area contributed by atoms with E-state index in [0.717, 1.165) is 90.5 Å². The third-order valence-corrected chi connectivity index (χ3v) is 12.2. The first-order valence-electron chi connectivity index (χ1n) is 17.2. The largest absolute Gasteiger partial charge is 0.392 e. The number of aromatic nitrogens is 1. The fourth-order valence-electron chi connectivity index (χ4n) is 8.31. The lowest BCUT2D eigenvalue weighted by atomic mass is 9.53. The van der Waals surface area contributed by atoms with Gasteiger partial charge in [0.2, 0.25) is 5.91 Å². The number of morpholine rings is 1. The van der Waals surface area contributed by atoms with Gasteiger partial charge in [-0.1, -0.05) is 32.9 Å². The molecule has 4 aliphatic rings. The predicted octanol–water partition coefficient (Wildman–Crippen LogP) is 3.28. The SMILES string of the molecule is CC(C(=O)NCCN1CCOCC1)C1CCC2(C)Cc3sc(NC(=O)c4ccc(CN5CCN(C)CC5)cc4)nc3C(C)C2C1O. The summed E-state index contributed by atoms with van der Waals surface area (Å²) in [6.07, 6.45) is 2.01. The number of piperazine rings is 1. The van der Waals surface area contributed by atoms with Crippen molar-refractivity contribution in [3.05, 3.63) is 46.0 Å². The normalized spacial score (nSPS) is 29.8. The first kappa shape index (κ1) is 33.5. The van der Waals surface area contributed by atoms with Crippen LogP contribution in [0.2, 0.25) is 0 Å². The van der Waals surface area contributed by atoms with Crippen LogP contribution in [0.25, 0.3) is 0 Å². The lowest BCUT2D eigenvalue weighted by molar-refractivity contribution is -0.134. The van der Waals surface area contributed by atoms with Crippen molar-refractivity contribution in [3.8, 4) is 0 Å². The van der Waals surface area contributed by atoms with Crippen LogP contribution in [0.4, 0.5) is 5.13 Å². The van der Waals surface area contributed by atoms with Crippen LogP contribution in [0.15, 0.2) is 24.3 Å². The summed E-state index contributed by atoms with van der Waals surface area (Å²) in [4.78, 5) is 39.6. The zero-order valence-electron chi connectivity index (χ0n) is 28.0. The van der Waals surface area contributed by atoms with Gasteiger partial charge in [-0.05, 0) is 61.3 Å². The number of ether oxygens (including phenoxy) is 1. The number of nitrogens with one attached hydrogen (secondary N) is 2. The molecule has 6 rings (SSSR count). The third kappa shape index (κ3) is 7.34. The Balaban J connectivity index is 1.06. The number of aliphatic hydroxyl groups is 1. The van der Waals surface area contributed by atoms with Crippen molar-refractivity contribution >= 4 is 28.3 Å². The maximum atomic E-state index is 13.2. The Morgan fingerprint density at radius 1 is 1.11 bits per heavy atom. The smallest absolute Gasteiger partial charge is 0.257 e. The number of nitrogens with zero attached hydrogens (tertiary/aromatic N) is 4. The van der Waals surface area contributed by atoms with Gasteiger partial charge in [0.1, 0.15) is 0 Å². The Labute approximate surface area is 277 Å². The quantitative estimate of drug-likeness (QED) is 0.379. The Morgan fingerprint density at radius 3 is 2.54 bits per heavy atom. The van der Waals surface area contributed by atoms with E-state index < -0.39 is 6.10 Å². The summed E-state index contributed by atoms with van der Waals surface area (Å²) in [5.41, 5.74) is 2.74. The number of likely N-dealkylation sites (N-methyl/N-ethyl adjacent to an activating group) is 1. The molecule has 1 saturated carbocycles. The molecular weight excluding hydrogens is 600 g/mol. The number of amides is 2. The molecule has 2 aliphatic heterocycles. The van der Waals surface area contributed by atoms with E-state index >= 15 is 0 Å². The van der Waals surface area contributed by atoms with Crippen LogP contribution in [-0.4, -0.2) is 115 Å². The molecule has 2 aliphatic carbocycles. The highest BCUT2D eigenvalue weighted by atomic mass is 32.1. The summed E-state index contributed by atoms with van der Waals surface area (Å²) in [7, 11) is 2.16. The summed E-state index contributed by atoms with van der Waals surface area (Å²) >= 11 is 1.57. The average Bonchev–Trinajstić information content (AvgIpc) is 3.44. The van der Waals surface area contributed by atoms with Crippen LogP contribution >= 0.6 is 11.3 Å². The summed E-state index contributed by atoms with van der Waals surface area (Å²) < 4.78 is 5.42. The topological polar surface area (TPSA) is 110 Å². The van der Waals surface area contributed by atoms with Crippen molar-refractivity contribution in [2.45, 2.75) is 58.6 Å². The number of anilines is 1. The molecule has 1 aromatic carbocycles. The van der Waals surface area contributed by atoms with E-state index in [1.807, 2.05) is 19.1 Å². The molecule has 252 valence electrons. The molecule has 0 bridgehead atoms. The van der Waals surface area contributed by atoms with Crippen molar-refractivity contribution in [1.29, 1.82) is 0 Å². The third-order valence-electron chi connectivity index (χ3n) is 11.2. The highest BCUT2D eigenvalue weighted by Crippen LogP contribution is 2.57. The van der Waals surface area contributed by atoms with Crippen LogP contribution in [0.3, 0.4) is 0 Å². The summed E-state index contributed by atoms with van der Waals surface area (Å²) in [5, 5.41) is 18.6. The molecule has 46 heavy (non-hydrogen) atoms. The van der Waals surface area contributed by atoms with Gasteiger partial charge < -0.3 is 20.1 Å². The van der Waals surface area contributed by atoms with E-state index in [4.69, 9.17) is 9.72 Å². The number of hydrogen-bond donors (Lipinski definition) is 3. The summed E-state index contributed by atoms with van der Waals surface area (Å²) in [6, 6.07) is 7.92. The van der Waals surface area contributed by atoms with Crippen LogP contribution < -0.4 is 10.6 Å². The van der Waals surface area contributed by atoms with E-state index in [1.165, 1.54) is 10.4 Å². The van der Waals surface area contributed by atoms with Gasteiger partial charge in [0.15, 0.2) is 5.13 Å². The van der Waals surface area contributed by atoms with Crippen molar-refractivity contribution in [2.75, 3.05) is 77.9 Å². The van der Waals surface area contributed by atoms with Crippen LogP contribution in [0.5, 0.6) is 0 Å². The molecule has 3 heterocycles. The second-order valence-corrected chi connectivity index (χ2v) is 15.5. The second-order valence-electron chi connectivity index (χ2n) is 14.4. The molecule has 0 radical (unpaired) electrons. The van der Waals surface area contributed by atoms with Crippen molar-refractivity contribution in [1.82, 2.24) is 25.0 Å². The van der Waals surface area contributed by atoms with E-state index in [0.29, 0.717) is 17.2 Å². The number of fused-ring (bicyclic) bond motifs is 2. The minimum Gasteiger partial charge on any atom is -0.392 e. The standard InChI is InChI=1S/C35H52N6O4S/c1-23(32(43)36-11-12-40-17-19-45-20-18-40)27-9-10-35(3)21-28-30(24(2)29(35)31(27)42)37-34(46-28)38-33(44)26-7-5-25(6-8-26)22-41-15-13-39(4)14-16-41/h5-8,23-24,27,29,31,42H,9-22H2,1-4H3,(H,36,43)(H,37,38,44). The predicted molar refractivity (Wildman–Crippen MR) is 181 cm³/mol. The number of carbonyl (C=O) groups is 2. The minimum absolute atomic E-state index is 0.000786. The lowest BCUT2D eigenvalue weighted by Crippen LogP contribution is -2.53. The minimum atomic E-state index is -0.592. The van der Waals surface area contributed by atoms with E-state index in [-0.39, 0.29) is 40.9 Å². The van der Waals surface area contributed by atoms with E-state index in [1.54, 1.807) is 11.3 Å². The van der Waals surface area contributed by atoms with E-state index in [9.17, 15) is 14.7 Å². The molecule has 3 N–H and O–H groups in total. The van der Waals surface area contributed by atoms with Crippen molar-refractivity contribution in [3.63, 3.8) is 0 Å². The van der Waals surface area contributed by atoms with Crippen molar-refractivity contribution < 1.29 is 19.4 Å². The maximum Gasteiger partial charge on any atom is 0.257 e. The summed E-state index contributed by atoms with van der Waals surface area (Å²) in [6.45, 7) is 16.3. The maximum absolute atomic E-state index is 13.2. The molecule has 2 amide bonds. The van der Waals surface area contributed by atoms with Gasteiger partial charge in [-0.25, -0.2) is 4.98 Å². The second kappa shape index (κ2) is 14.4. The molecule has 2 saturated heterocycles. The fourth-order valence-corrected chi connectivity index (χ4v) is 9.57. The Kier molecular flexibility index (Phi) is 10.5. The van der Waals surface area contributed by atoms with Gasteiger partial charge in [0.25, 0.3) is 5.91 Å². The van der Waals surface area contributed by atoms with Gasteiger partial charge in [-0.3, -0.25) is 24.7 Å². The van der Waals surface area contributed by atoms with Gasteiger partial charge in [0.05, 0.1) is 25.0 Å². The van der Waals surface area contributed by atoms with Gasteiger partial charge >= 0.3 is 0 Å². The Bertz CT molecular complexity index is 1360. The molecule has 6 atom stereocenters.